The van der Waals surface area contributed by atoms with Crippen molar-refractivity contribution in [1.29, 1.82) is 0 Å². The number of hydrogen-bond acceptors (Lipinski definition) is 2. The molecule has 112 valence electrons. The third-order valence-corrected chi connectivity index (χ3v) is 3.95. The Morgan fingerprint density at radius 1 is 1.25 bits per heavy atom. The summed E-state index contributed by atoms with van der Waals surface area (Å²) in [6.07, 6.45) is 1.14. The monoisotopic (exact) mass is 341 g/mol. The van der Waals surface area contributed by atoms with Gasteiger partial charge in [-0.2, -0.15) is 0 Å². The highest BCUT2D eigenvalue weighted by Gasteiger charge is 2.19. The Kier molecular flexibility index (Phi) is 7.24. The molecule has 0 aromatic heterocycles. The number of hydrogen-bond donors (Lipinski definition) is 1. The van der Waals surface area contributed by atoms with Crippen LogP contribution in [0, 0.1) is 0 Å². The van der Waals surface area contributed by atoms with Crippen LogP contribution in [0.5, 0.6) is 0 Å². The van der Waals surface area contributed by atoms with Gasteiger partial charge in [0, 0.05) is 30.1 Å². The lowest BCUT2D eigenvalue weighted by atomic mass is 9.97. The average molecular weight is 342 g/mol. The van der Waals surface area contributed by atoms with E-state index in [1.165, 1.54) is 5.56 Å². The predicted molar refractivity (Wildman–Crippen MR) is 85.7 cm³/mol. The maximum absolute atomic E-state index is 12.4. The zero-order valence-electron chi connectivity index (χ0n) is 12.5. The summed E-state index contributed by atoms with van der Waals surface area (Å²) in [5.41, 5.74) is 1.17. The van der Waals surface area contributed by atoms with E-state index in [-0.39, 0.29) is 24.5 Å². The molecular weight excluding hydrogens is 318 g/mol. The van der Waals surface area contributed by atoms with Gasteiger partial charge in [-0.15, -0.1) is 0 Å². The molecule has 0 fully saturated rings. The minimum atomic E-state index is 0.124. The molecule has 1 rings (SSSR count). The van der Waals surface area contributed by atoms with Gasteiger partial charge < -0.3 is 10.0 Å². The maximum atomic E-state index is 12.4. The summed E-state index contributed by atoms with van der Waals surface area (Å²) in [6, 6.07) is 8.28. The quantitative estimate of drug-likeness (QED) is 0.823. The first-order valence-corrected chi connectivity index (χ1v) is 7.90. The summed E-state index contributed by atoms with van der Waals surface area (Å²) < 4.78 is 1.05. The van der Waals surface area contributed by atoms with E-state index in [4.69, 9.17) is 5.11 Å². The van der Waals surface area contributed by atoms with Crippen LogP contribution in [-0.2, 0) is 4.79 Å². The molecule has 0 saturated heterocycles. The largest absolute Gasteiger partial charge is 0.396 e. The molecule has 20 heavy (non-hydrogen) atoms. The van der Waals surface area contributed by atoms with Gasteiger partial charge in [-0.25, -0.2) is 0 Å². The van der Waals surface area contributed by atoms with Crippen molar-refractivity contribution in [2.45, 2.75) is 45.6 Å². The summed E-state index contributed by atoms with van der Waals surface area (Å²) in [5.74, 6) is 0.356. The molecule has 1 atom stereocenters. The van der Waals surface area contributed by atoms with E-state index in [1.807, 2.05) is 30.9 Å². The Balaban J connectivity index is 2.64. The minimum Gasteiger partial charge on any atom is -0.396 e. The number of carbonyl (C=O) groups excluding carboxylic acids is 1. The van der Waals surface area contributed by atoms with Gasteiger partial charge in [0.2, 0.25) is 5.91 Å². The number of carbonyl (C=O) groups is 1. The van der Waals surface area contributed by atoms with Crippen LogP contribution >= 0.6 is 15.9 Å². The number of nitrogens with zero attached hydrogens (tertiary/aromatic N) is 1. The van der Waals surface area contributed by atoms with Crippen molar-refractivity contribution in [2.24, 2.45) is 0 Å². The molecule has 0 bridgehead atoms. The first-order valence-electron chi connectivity index (χ1n) is 7.11. The van der Waals surface area contributed by atoms with Crippen LogP contribution in [0.1, 0.15) is 45.1 Å². The summed E-state index contributed by atoms with van der Waals surface area (Å²) in [6.45, 7) is 6.85. The highest BCUT2D eigenvalue weighted by atomic mass is 79.9. The van der Waals surface area contributed by atoms with Gasteiger partial charge >= 0.3 is 0 Å². The second kappa shape index (κ2) is 8.42. The van der Waals surface area contributed by atoms with Crippen LogP contribution < -0.4 is 0 Å². The highest BCUT2D eigenvalue weighted by molar-refractivity contribution is 9.10. The fourth-order valence-electron chi connectivity index (χ4n) is 2.20. The minimum absolute atomic E-state index is 0.124. The third kappa shape index (κ3) is 5.25. The van der Waals surface area contributed by atoms with Gasteiger partial charge in [-0.3, -0.25) is 4.79 Å². The van der Waals surface area contributed by atoms with E-state index in [9.17, 15) is 4.79 Å². The second-order valence-electron chi connectivity index (χ2n) is 5.41. The number of amides is 1. The van der Waals surface area contributed by atoms with E-state index in [0.29, 0.717) is 19.4 Å². The zero-order valence-corrected chi connectivity index (χ0v) is 14.1. The van der Waals surface area contributed by atoms with E-state index in [1.54, 1.807) is 0 Å². The summed E-state index contributed by atoms with van der Waals surface area (Å²) >= 11 is 3.42. The highest BCUT2D eigenvalue weighted by Crippen LogP contribution is 2.22. The molecule has 0 heterocycles. The maximum Gasteiger partial charge on any atom is 0.223 e. The lowest BCUT2D eigenvalue weighted by molar-refractivity contribution is -0.133. The van der Waals surface area contributed by atoms with Crippen molar-refractivity contribution in [3.8, 4) is 0 Å². The van der Waals surface area contributed by atoms with Crippen molar-refractivity contribution < 1.29 is 9.90 Å². The molecule has 4 heteroatoms. The van der Waals surface area contributed by atoms with Gasteiger partial charge in [-0.05, 0) is 43.9 Å². The number of aliphatic hydroxyl groups excluding tert-OH is 1. The molecule has 1 aromatic rings. The van der Waals surface area contributed by atoms with Crippen molar-refractivity contribution in [3.63, 3.8) is 0 Å². The molecule has 0 saturated carbocycles. The first-order chi connectivity index (χ1) is 9.45. The Morgan fingerprint density at radius 2 is 1.85 bits per heavy atom. The Labute approximate surface area is 130 Å². The van der Waals surface area contributed by atoms with Crippen LogP contribution in [0.4, 0.5) is 0 Å². The smallest absolute Gasteiger partial charge is 0.223 e. The van der Waals surface area contributed by atoms with Crippen LogP contribution in [0.25, 0.3) is 0 Å². The molecule has 0 radical (unpaired) electrons. The van der Waals surface area contributed by atoms with Crippen LogP contribution in [0.2, 0.25) is 0 Å². The number of aliphatic hydroxyl groups is 1. The van der Waals surface area contributed by atoms with Crippen LogP contribution in [0.3, 0.4) is 0 Å². The fourth-order valence-corrected chi connectivity index (χ4v) is 2.46. The second-order valence-corrected chi connectivity index (χ2v) is 6.33. The molecular formula is C16H24BrNO2. The topological polar surface area (TPSA) is 40.5 Å². The summed E-state index contributed by atoms with van der Waals surface area (Å²) in [7, 11) is 0. The molecule has 1 aromatic carbocycles. The molecule has 1 N–H and O–H groups in total. The van der Waals surface area contributed by atoms with Gasteiger partial charge in [0.05, 0.1) is 0 Å². The normalized spacial score (nSPS) is 12.5. The number of halogens is 1. The van der Waals surface area contributed by atoms with E-state index >= 15 is 0 Å². The van der Waals surface area contributed by atoms with Gasteiger partial charge in [-0.1, -0.05) is 35.0 Å². The molecule has 1 amide bonds. The number of benzene rings is 1. The molecule has 0 aliphatic rings. The lowest BCUT2D eigenvalue weighted by Crippen LogP contribution is -2.38. The molecule has 0 aliphatic heterocycles. The molecule has 1 unspecified atom stereocenters. The summed E-state index contributed by atoms with van der Waals surface area (Å²) in [5, 5.41) is 8.92. The zero-order chi connectivity index (χ0) is 15.1. The van der Waals surface area contributed by atoms with Crippen LogP contribution in [0.15, 0.2) is 28.7 Å². The van der Waals surface area contributed by atoms with Crippen molar-refractivity contribution in [1.82, 2.24) is 4.90 Å². The van der Waals surface area contributed by atoms with Crippen molar-refractivity contribution in [2.75, 3.05) is 13.2 Å². The van der Waals surface area contributed by atoms with Gasteiger partial charge in [0.25, 0.3) is 0 Å². The van der Waals surface area contributed by atoms with Gasteiger partial charge in [0.15, 0.2) is 0 Å². The predicted octanol–water partition coefficient (Wildman–Crippen LogP) is 3.56. The third-order valence-electron chi connectivity index (χ3n) is 3.42. The van der Waals surface area contributed by atoms with Crippen LogP contribution in [-0.4, -0.2) is 35.1 Å². The fraction of sp³-hybridized carbons (Fsp3) is 0.562. The Morgan fingerprint density at radius 3 is 2.35 bits per heavy atom. The van der Waals surface area contributed by atoms with Crippen molar-refractivity contribution in [3.05, 3.63) is 34.3 Å². The summed E-state index contributed by atoms with van der Waals surface area (Å²) in [4.78, 5) is 14.2. The Bertz CT molecular complexity index is 417. The SMILES string of the molecule is CC(CC(=O)N(CCCO)C(C)C)c1ccc(Br)cc1. The standard InChI is InChI=1S/C16H24BrNO2/c1-12(2)18(9-4-10-19)16(20)11-13(3)14-5-7-15(17)8-6-14/h5-8,12-13,19H,4,9-11H2,1-3H3. The van der Waals surface area contributed by atoms with E-state index < -0.39 is 0 Å². The lowest BCUT2D eigenvalue weighted by Gasteiger charge is -2.28. The molecule has 0 aliphatic carbocycles. The average Bonchev–Trinajstić information content (AvgIpc) is 2.39. The van der Waals surface area contributed by atoms with Crippen molar-refractivity contribution >= 4 is 21.8 Å². The number of rotatable bonds is 7. The first kappa shape index (κ1) is 17.2. The molecule has 0 spiro atoms. The van der Waals surface area contributed by atoms with E-state index in [2.05, 4.69) is 35.0 Å². The Hall–Kier alpha value is -0.870. The van der Waals surface area contributed by atoms with E-state index in [0.717, 1.165) is 4.47 Å². The van der Waals surface area contributed by atoms with Gasteiger partial charge in [0.1, 0.15) is 0 Å². The molecule has 3 nitrogen and oxygen atoms in total.